The lowest BCUT2D eigenvalue weighted by Gasteiger charge is -2.26. The van der Waals surface area contributed by atoms with Crippen molar-refractivity contribution in [3.8, 4) is 0 Å². The first-order valence-electron chi connectivity index (χ1n) is 4.39. The molecule has 0 unspecified atom stereocenters. The van der Waals surface area contributed by atoms with Crippen LogP contribution in [0.1, 0.15) is 40.5 Å². The smallest absolute Gasteiger partial charge is 0.00584 e. The van der Waals surface area contributed by atoms with Gasteiger partial charge in [-0.15, -0.1) is 0 Å². The summed E-state index contributed by atoms with van der Waals surface area (Å²) in [6.07, 6.45) is 7.17. The van der Waals surface area contributed by atoms with Gasteiger partial charge in [-0.3, -0.25) is 0 Å². The van der Waals surface area contributed by atoms with Crippen LogP contribution in [0.4, 0.5) is 0 Å². The van der Waals surface area contributed by atoms with Crippen LogP contribution in [-0.2, 0) is 0 Å². The number of hydrogen-bond donors (Lipinski definition) is 0. The minimum Gasteiger partial charge on any atom is -0.0844 e. The highest BCUT2D eigenvalue weighted by molar-refractivity contribution is 5.26. The lowest BCUT2D eigenvalue weighted by atomic mass is 9.79. The van der Waals surface area contributed by atoms with Gasteiger partial charge >= 0.3 is 0 Å². The van der Waals surface area contributed by atoms with E-state index >= 15 is 0 Å². The Morgan fingerprint density at radius 2 is 1.36 bits per heavy atom. The Balaban J connectivity index is 3.00. The van der Waals surface area contributed by atoms with Gasteiger partial charge < -0.3 is 0 Å². The molecule has 0 radical (unpaired) electrons. The molecule has 0 heterocycles. The number of hydrogen-bond acceptors (Lipinski definition) is 0. The van der Waals surface area contributed by atoms with E-state index in [9.17, 15) is 0 Å². The molecule has 11 heavy (non-hydrogen) atoms. The summed E-state index contributed by atoms with van der Waals surface area (Å²) >= 11 is 0. The standard InChI is InChI=1S/C11H18/c1-9-7-5-6-8-10(2)11(9,3)4/h7-8H,5-6H2,1-4H3. The predicted octanol–water partition coefficient (Wildman–Crippen LogP) is 3.70. The molecule has 0 N–H and O–H groups in total. The fourth-order valence-corrected chi connectivity index (χ4v) is 1.42. The Bertz CT molecular complexity index is 182. The van der Waals surface area contributed by atoms with Crippen molar-refractivity contribution in [2.75, 3.05) is 0 Å². The van der Waals surface area contributed by atoms with Crippen LogP contribution in [0.15, 0.2) is 23.3 Å². The second kappa shape index (κ2) is 2.84. The third-order valence-electron chi connectivity index (χ3n) is 3.04. The van der Waals surface area contributed by atoms with Crippen LogP contribution in [0.5, 0.6) is 0 Å². The van der Waals surface area contributed by atoms with E-state index in [0.717, 1.165) is 0 Å². The van der Waals surface area contributed by atoms with Gasteiger partial charge in [0.25, 0.3) is 0 Å². The van der Waals surface area contributed by atoms with Gasteiger partial charge in [-0.1, -0.05) is 37.1 Å². The van der Waals surface area contributed by atoms with E-state index in [0.29, 0.717) is 5.41 Å². The third kappa shape index (κ3) is 1.55. The quantitative estimate of drug-likeness (QED) is 0.462. The minimum absolute atomic E-state index is 0.302. The van der Waals surface area contributed by atoms with Crippen molar-refractivity contribution in [2.24, 2.45) is 5.41 Å². The molecule has 1 aliphatic rings. The van der Waals surface area contributed by atoms with Crippen LogP contribution in [-0.4, -0.2) is 0 Å². The number of rotatable bonds is 0. The SMILES string of the molecule is CC1=CCCC=C(C)C1(C)C. The zero-order valence-electron chi connectivity index (χ0n) is 8.07. The van der Waals surface area contributed by atoms with E-state index in [1.807, 2.05) is 0 Å². The van der Waals surface area contributed by atoms with Crippen LogP contribution in [0, 0.1) is 5.41 Å². The Morgan fingerprint density at radius 3 is 1.73 bits per heavy atom. The molecule has 1 aliphatic carbocycles. The van der Waals surface area contributed by atoms with Gasteiger partial charge in [-0.05, 0) is 26.7 Å². The average molecular weight is 150 g/mol. The fraction of sp³-hybridized carbons (Fsp3) is 0.636. The maximum atomic E-state index is 2.37. The summed E-state index contributed by atoms with van der Waals surface area (Å²) in [6, 6.07) is 0. The lowest BCUT2D eigenvalue weighted by Crippen LogP contribution is -2.13. The van der Waals surface area contributed by atoms with E-state index in [4.69, 9.17) is 0 Å². The predicted molar refractivity (Wildman–Crippen MR) is 50.5 cm³/mol. The fourth-order valence-electron chi connectivity index (χ4n) is 1.42. The molecule has 0 saturated heterocycles. The van der Waals surface area contributed by atoms with Crippen LogP contribution in [0.3, 0.4) is 0 Å². The molecule has 0 heteroatoms. The zero-order chi connectivity index (χ0) is 8.48. The minimum atomic E-state index is 0.302. The lowest BCUT2D eigenvalue weighted by molar-refractivity contribution is 0.539. The van der Waals surface area contributed by atoms with Crippen molar-refractivity contribution in [3.05, 3.63) is 23.3 Å². The second-order valence-corrected chi connectivity index (χ2v) is 3.98. The van der Waals surface area contributed by atoms with E-state index in [1.165, 1.54) is 24.0 Å². The molecule has 0 fully saturated rings. The molecule has 62 valence electrons. The van der Waals surface area contributed by atoms with Gasteiger partial charge in [0.05, 0.1) is 0 Å². The first kappa shape index (κ1) is 8.58. The largest absolute Gasteiger partial charge is 0.0844 e. The van der Waals surface area contributed by atoms with Gasteiger partial charge in [0.2, 0.25) is 0 Å². The van der Waals surface area contributed by atoms with Crippen molar-refractivity contribution < 1.29 is 0 Å². The van der Waals surface area contributed by atoms with Crippen molar-refractivity contribution in [2.45, 2.75) is 40.5 Å². The van der Waals surface area contributed by atoms with Crippen LogP contribution in [0.2, 0.25) is 0 Å². The third-order valence-corrected chi connectivity index (χ3v) is 3.04. The van der Waals surface area contributed by atoms with Gasteiger partial charge in [0, 0.05) is 5.41 Å². The summed E-state index contributed by atoms with van der Waals surface area (Å²) < 4.78 is 0. The molecule has 0 atom stereocenters. The Labute approximate surface area is 70.0 Å². The molecular formula is C11H18. The van der Waals surface area contributed by atoms with Crippen LogP contribution in [0.25, 0.3) is 0 Å². The number of allylic oxidation sites excluding steroid dienone is 4. The van der Waals surface area contributed by atoms with Crippen LogP contribution < -0.4 is 0 Å². The van der Waals surface area contributed by atoms with Crippen molar-refractivity contribution >= 4 is 0 Å². The monoisotopic (exact) mass is 150 g/mol. The Kier molecular flexibility index (Phi) is 2.22. The average Bonchev–Trinajstić information content (AvgIpc) is 2.03. The molecule has 0 aromatic rings. The van der Waals surface area contributed by atoms with Crippen molar-refractivity contribution in [3.63, 3.8) is 0 Å². The molecule has 0 nitrogen and oxygen atoms in total. The molecule has 0 bridgehead atoms. The molecule has 0 aliphatic heterocycles. The second-order valence-electron chi connectivity index (χ2n) is 3.98. The zero-order valence-corrected chi connectivity index (χ0v) is 8.07. The Hall–Kier alpha value is -0.520. The highest BCUT2D eigenvalue weighted by Gasteiger charge is 2.22. The van der Waals surface area contributed by atoms with E-state index in [1.54, 1.807) is 0 Å². The van der Waals surface area contributed by atoms with E-state index in [2.05, 4.69) is 39.8 Å². The highest BCUT2D eigenvalue weighted by atomic mass is 14.3. The summed E-state index contributed by atoms with van der Waals surface area (Å²) in [5, 5.41) is 0. The highest BCUT2D eigenvalue weighted by Crippen LogP contribution is 2.36. The molecule has 0 aromatic heterocycles. The molecule has 1 rings (SSSR count). The summed E-state index contributed by atoms with van der Waals surface area (Å²) in [7, 11) is 0. The van der Waals surface area contributed by atoms with Gasteiger partial charge in [-0.2, -0.15) is 0 Å². The van der Waals surface area contributed by atoms with E-state index < -0.39 is 0 Å². The van der Waals surface area contributed by atoms with Crippen LogP contribution >= 0.6 is 0 Å². The van der Waals surface area contributed by atoms with Gasteiger partial charge in [0.1, 0.15) is 0 Å². The van der Waals surface area contributed by atoms with Crippen molar-refractivity contribution in [1.29, 1.82) is 0 Å². The molecule has 0 saturated carbocycles. The van der Waals surface area contributed by atoms with Gasteiger partial charge in [-0.25, -0.2) is 0 Å². The normalized spacial score (nSPS) is 23.6. The molecule has 0 spiro atoms. The maximum absolute atomic E-state index is 2.37. The molecule has 0 aromatic carbocycles. The molecular weight excluding hydrogens is 132 g/mol. The summed E-state index contributed by atoms with van der Waals surface area (Å²) in [5.41, 5.74) is 3.34. The van der Waals surface area contributed by atoms with Crippen molar-refractivity contribution in [1.82, 2.24) is 0 Å². The van der Waals surface area contributed by atoms with E-state index in [-0.39, 0.29) is 0 Å². The topological polar surface area (TPSA) is 0 Å². The summed E-state index contributed by atoms with van der Waals surface area (Å²) in [6.45, 7) is 9.08. The van der Waals surface area contributed by atoms with Gasteiger partial charge in [0.15, 0.2) is 0 Å². The summed E-state index contributed by atoms with van der Waals surface area (Å²) in [5.74, 6) is 0. The molecule has 0 amide bonds. The summed E-state index contributed by atoms with van der Waals surface area (Å²) in [4.78, 5) is 0. The Morgan fingerprint density at radius 1 is 1.00 bits per heavy atom. The maximum Gasteiger partial charge on any atom is 0.00584 e. The first-order chi connectivity index (χ1) is 5.05. The first-order valence-corrected chi connectivity index (χ1v) is 4.39.